The van der Waals surface area contributed by atoms with Crippen LogP contribution in [0.15, 0.2) is 42.7 Å². The maximum absolute atomic E-state index is 10.0. The molecule has 1 aliphatic heterocycles. The van der Waals surface area contributed by atoms with Gasteiger partial charge in [-0.15, -0.1) is 0 Å². The Morgan fingerprint density at radius 2 is 2.06 bits per heavy atom. The van der Waals surface area contributed by atoms with Crippen LogP contribution in [0, 0.1) is 0 Å². The lowest BCUT2D eigenvalue weighted by atomic mass is 9.90. The highest BCUT2D eigenvalue weighted by atomic mass is 16.3. The van der Waals surface area contributed by atoms with Crippen molar-refractivity contribution in [1.29, 1.82) is 0 Å². The summed E-state index contributed by atoms with van der Waals surface area (Å²) >= 11 is 0. The molecule has 0 spiro atoms. The predicted octanol–water partition coefficient (Wildman–Crippen LogP) is 0.749. The molecule has 1 aromatic heterocycles. The van der Waals surface area contributed by atoms with Crippen LogP contribution in [0.5, 0.6) is 0 Å². The maximum atomic E-state index is 10.0. The van der Waals surface area contributed by atoms with Crippen molar-refractivity contribution in [2.75, 3.05) is 13.1 Å². The maximum Gasteiger partial charge on any atom is 0.0936 e. The summed E-state index contributed by atoms with van der Waals surface area (Å²) in [5.41, 5.74) is 1.53. The quantitative estimate of drug-likeness (QED) is 0.816. The molecule has 88 valence electrons. The number of hydrogen-bond donors (Lipinski definition) is 2. The van der Waals surface area contributed by atoms with Crippen molar-refractivity contribution in [3.63, 3.8) is 0 Å². The van der Waals surface area contributed by atoms with E-state index in [9.17, 15) is 5.11 Å². The van der Waals surface area contributed by atoms with Crippen molar-refractivity contribution in [2.24, 2.45) is 0 Å². The number of aliphatic hydroxyl groups is 1. The molecule has 0 radical (unpaired) electrons. The average molecular weight is 229 g/mol. The molecule has 0 amide bonds. The molecule has 1 aliphatic rings. The van der Waals surface area contributed by atoms with Crippen molar-refractivity contribution < 1.29 is 5.11 Å². The fourth-order valence-corrected chi connectivity index (χ4v) is 2.09. The van der Waals surface area contributed by atoms with E-state index < -0.39 is 5.60 Å². The fraction of sp³-hybridized carbons (Fsp3) is 0.308. The normalized spacial score (nSPS) is 17.7. The fourth-order valence-electron chi connectivity index (χ4n) is 2.09. The van der Waals surface area contributed by atoms with Gasteiger partial charge in [0.25, 0.3) is 0 Å². The topological polar surface area (TPSA) is 50.1 Å². The summed E-state index contributed by atoms with van der Waals surface area (Å²) < 4.78 is 1.84. The van der Waals surface area contributed by atoms with Crippen LogP contribution in [0.4, 0.5) is 0 Å². The van der Waals surface area contributed by atoms with Crippen LogP contribution in [-0.4, -0.2) is 33.6 Å². The molecule has 0 atom stereocenters. The average Bonchev–Trinajstić information content (AvgIpc) is 2.77. The number of benzene rings is 1. The van der Waals surface area contributed by atoms with Crippen LogP contribution in [0.2, 0.25) is 0 Å². The molecule has 1 aromatic carbocycles. The Hall–Kier alpha value is -1.65. The van der Waals surface area contributed by atoms with E-state index in [1.54, 1.807) is 0 Å². The lowest BCUT2D eigenvalue weighted by Crippen LogP contribution is -2.60. The summed E-state index contributed by atoms with van der Waals surface area (Å²) in [7, 11) is 0. The lowest BCUT2D eigenvalue weighted by molar-refractivity contribution is -0.00902. The summed E-state index contributed by atoms with van der Waals surface area (Å²) in [4.78, 5) is 0. The third-order valence-corrected chi connectivity index (χ3v) is 3.10. The second kappa shape index (κ2) is 3.98. The van der Waals surface area contributed by atoms with Crippen LogP contribution in [0.3, 0.4) is 0 Å². The molecular formula is C13H15N3O. The van der Waals surface area contributed by atoms with Gasteiger partial charge < -0.3 is 10.4 Å². The predicted molar refractivity (Wildman–Crippen MR) is 65.1 cm³/mol. The van der Waals surface area contributed by atoms with Crippen molar-refractivity contribution in [3.05, 3.63) is 48.3 Å². The van der Waals surface area contributed by atoms with E-state index in [2.05, 4.69) is 10.4 Å². The minimum Gasteiger partial charge on any atom is -0.387 e. The molecule has 0 unspecified atom stereocenters. The van der Waals surface area contributed by atoms with E-state index >= 15 is 0 Å². The molecule has 3 rings (SSSR count). The van der Waals surface area contributed by atoms with E-state index in [-0.39, 0.29) is 0 Å². The number of aromatic nitrogens is 2. The molecule has 0 saturated carbocycles. The smallest absolute Gasteiger partial charge is 0.0936 e. The molecule has 1 saturated heterocycles. The SMILES string of the molecule is OC1(Cc2cnn(-c3ccccc3)c2)CNC1. The zero-order valence-corrected chi connectivity index (χ0v) is 9.50. The summed E-state index contributed by atoms with van der Waals surface area (Å²) in [5.74, 6) is 0. The third-order valence-electron chi connectivity index (χ3n) is 3.10. The van der Waals surface area contributed by atoms with Gasteiger partial charge in [0.1, 0.15) is 0 Å². The molecular weight excluding hydrogens is 214 g/mol. The first-order valence-electron chi connectivity index (χ1n) is 5.77. The monoisotopic (exact) mass is 229 g/mol. The molecule has 4 heteroatoms. The minimum absolute atomic E-state index is 0.579. The summed E-state index contributed by atoms with van der Waals surface area (Å²) in [6, 6.07) is 9.98. The van der Waals surface area contributed by atoms with Gasteiger partial charge in [-0.2, -0.15) is 5.10 Å². The molecule has 2 aromatic rings. The summed E-state index contributed by atoms with van der Waals surface area (Å²) in [6.45, 7) is 1.34. The van der Waals surface area contributed by atoms with E-state index in [1.807, 2.05) is 47.4 Å². The third kappa shape index (κ3) is 2.09. The summed E-state index contributed by atoms with van der Waals surface area (Å²) in [5, 5.41) is 17.4. The molecule has 0 bridgehead atoms. The first kappa shape index (κ1) is 10.5. The van der Waals surface area contributed by atoms with Gasteiger partial charge in [-0.3, -0.25) is 0 Å². The first-order valence-corrected chi connectivity index (χ1v) is 5.77. The van der Waals surface area contributed by atoms with Gasteiger partial charge in [-0.1, -0.05) is 18.2 Å². The van der Waals surface area contributed by atoms with Gasteiger partial charge in [0.15, 0.2) is 0 Å². The van der Waals surface area contributed by atoms with Gasteiger partial charge in [0, 0.05) is 25.7 Å². The molecule has 17 heavy (non-hydrogen) atoms. The van der Waals surface area contributed by atoms with Crippen LogP contribution in [0.1, 0.15) is 5.56 Å². The molecule has 2 heterocycles. The van der Waals surface area contributed by atoms with Crippen molar-refractivity contribution in [3.8, 4) is 5.69 Å². The van der Waals surface area contributed by atoms with E-state index in [0.717, 1.165) is 11.3 Å². The Morgan fingerprint density at radius 1 is 1.29 bits per heavy atom. The molecule has 1 fully saturated rings. The largest absolute Gasteiger partial charge is 0.387 e. The van der Waals surface area contributed by atoms with Crippen LogP contribution in [0.25, 0.3) is 5.69 Å². The highest BCUT2D eigenvalue weighted by Crippen LogP contribution is 2.18. The standard InChI is InChI=1S/C13H15N3O/c17-13(9-14-10-13)6-11-7-15-16(8-11)12-4-2-1-3-5-12/h1-5,7-8,14,17H,6,9-10H2. The highest BCUT2D eigenvalue weighted by Gasteiger charge is 2.34. The number of β-amino-alcohol motifs (C(OH)–C–C–N with tert-alkyl or cyclic N) is 1. The van der Waals surface area contributed by atoms with Crippen molar-refractivity contribution in [2.45, 2.75) is 12.0 Å². The van der Waals surface area contributed by atoms with Gasteiger partial charge >= 0.3 is 0 Å². The van der Waals surface area contributed by atoms with Crippen molar-refractivity contribution >= 4 is 0 Å². The Kier molecular flexibility index (Phi) is 2.46. The lowest BCUT2D eigenvalue weighted by Gasteiger charge is -2.37. The second-order valence-corrected chi connectivity index (χ2v) is 4.63. The number of nitrogens with one attached hydrogen (secondary N) is 1. The number of rotatable bonds is 3. The second-order valence-electron chi connectivity index (χ2n) is 4.63. The minimum atomic E-state index is -0.579. The molecule has 4 nitrogen and oxygen atoms in total. The van der Waals surface area contributed by atoms with E-state index in [1.165, 1.54) is 0 Å². The zero-order chi connectivity index (χ0) is 11.7. The van der Waals surface area contributed by atoms with Crippen LogP contribution >= 0.6 is 0 Å². The Labute approximate surface area is 99.9 Å². The van der Waals surface area contributed by atoms with Gasteiger partial charge in [-0.25, -0.2) is 4.68 Å². The summed E-state index contributed by atoms with van der Waals surface area (Å²) in [6.07, 6.45) is 4.46. The Balaban J connectivity index is 1.79. The molecule has 2 N–H and O–H groups in total. The van der Waals surface area contributed by atoms with Crippen molar-refractivity contribution in [1.82, 2.24) is 15.1 Å². The molecule has 0 aliphatic carbocycles. The van der Waals surface area contributed by atoms with Crippen LogP contribution in [-0.2, 0) is 6.42 Å². The van der Waals surface area contributed by atoms with Gasteiger partial charge in [0.2, 0.25) is 0 Å². The number of nitrogens with zero attached hydrogens (tertiary/aromatic N) is 2. The van der Waals surface area contributed by atoms with Gasteiger partial charge in [-0.05, 0) is 17.7 Å². The van der Waals surface area contributed by atoms with Gasteiger partial charge in [0.05, 0.1) is 17.5 Å². The van der Waals surface area contributed by atoms with Crippen LogP contribution < -0.4 is 5.32 Å². The Bertz CT molecular complexity index is 502. The number of para-hydroxylation sites is 1. The Morgan fingerprint density at radius 3 is 2.71 bits per heavy atom. The van der Waals surface area contributed by atoms with E-state index in [0.29, 0.717) is 19.5 Å². The zero-order valence-electron chi connectivity index (χ0n) is 9.50. The first-order chi connectivity index (χ1) is 8.25. The highest BCUT2D eigenvalue weighted by molar-refractivity contribution is 5.31. The number of hydrogen-bond acceptors (Lipinski definition) is 3. The van der Waals surface area contributed by atoms with E-state index in [4.69, 9.17) is 0 Å².